The molecule has 0 aliphatic heterocycles. The fourth-order valence-corrected chi connectivity index (χ4v) is 1.49. The van der Waals surface area contributed by atoms with Crippen molar-refractivity contribution >= 4 is 5.76 Å². The van der Waals surface area contributed by atoms with Crippen molar-refractivity contribution in [3.63, 3.8) is 0 Å². The number of rotatable bonds is 3. The number of benzene rings is 2. The molecule has 0 heterocycles. The molecule has 0 N–H and O–H groups in total. The first-order chi connectivity index (χ1) is 7.77. The van der Waals surface area contributed by atoms with Crippen molar-refractivity contribution in [2.75, 3.05) is 0 Å². The fraction of sp³-hybridized carbons (Fsp3) is 0.0667. The van der Waals surface area contributed by atoms with E-state index in [0.717, 1.165) is 16.9 Å². The Balaban J connectivity index is 2.18. The van der Waals surface area contributed by atoms with Crippen molar-refractivity contribution in [3.05, 3.63) is 72.3 Å². The van der Waals surface area contributed by atoms with E-state index >= 15 is 0 Å². The lowest BCUT2D eigenvalue weighted by atomic mass is 10.2. The molecule has 1 nitrogen and oxygen atoms in total. The van der Waals surface area contributed by atoms with Crippen molar-refractivity contribution in [2.45, 2.75) is 6.92 Å². The van der Waals surface area contributed by atoms with E-state index in [4.69, 9.17) is 4.74 Å². The molecular weight excluding hydrogens is 196 g/mol. The van der Waals surface area contributed by atoms with Crippen molar-refractivity contribution in [1.82, 2.24) is 0 Å². The van der Waals surface area contributed by atoms with Crippen LogP contribution in [0.4, 0.5) is 0 Å². The summed E-state index contributed by atoms with van der Waals surface area (Å²) in [7, 11) is 0. The number of hydrogen-bond donors (Lipinski definition) is 0. The average Bonchev–Trinajstić information content (AvgIpc) is 2.33. The van der Waals surface area contributed by atoms with Gasteiger partial charge in [0.1, 0.15) is 11.5 Å². The van der Waals surface area contributed by atoms with Gasteiger partial charge in [0, 0.05) is 5.56 Å². The largest absolute Gasteiger partial charge is 0.457 e. The fourth-order valence-electron chi connectivity index (χ4n) is 1.49. The smallest absolute Gasteiger partial charge is 0.130 e. The van der Waals surface area contributed by atoms with E-state index in [1.54, 1.807) is 0 Å². The molecule has 0 saturated heterocycles. The summed E-state index contributed by atoms with van der Waals surface area (Å²) in [5.41, 5.74) is 2.12. The summed E-state index contributed by atoms with van der Waals surface area (Å²) >= 11 is 0. The number of hydrogen-bond acceptors (Lipinski definition) is 1. The van der Waals surface area contributed by atoms with Crippen LogP contribution in [-0.4, -0.2) is 0 Å². The Labute approximate surface area is 96.0 Å². The third-order valence-electron chi connectivity index (χ3n) is 2.42. The van der Waals surface area contributed by atoms with Gasteiger partial charge in [0.25, 0.3) is 0 Å². The molecule has 0 bridgehead atoms. The van der Waals surface area contributed by atoms with Gasteiger partial charge in [-0.1, -0.05) is 55.1 Å². The van der Waals surface area contributed by atoms with Crippen molar-refractivity contribution in [3.8, 4) is 5.75 Å². The topological polar surface area (TPSA) is 9.23 Å². The third-order valence-corrected chi connectivity index (χ3v) is 2.42. The third kappa shape index (κ3) is 2.31. The second-order valence-electron chi connectivity index (χ2n) is 3.66. The Bertz CT molecular complexity index is 486. The van der Waals surface area contributed by atoms with Gasteiger partial charge in [-0.25, -0.2) is 0 Å². The van der Waals surface area contributed by atoms with Gasteiger partial charge in [-0.15, -0.1) is 0 Å². The Morgan fingerprint density at radius 2 is 1.56 bits per heavy atom. The minimum Gasteiger partial charge on any atom is -0.457 e. The maximum Gasteiger partial charge on any atom is 0.130 e. The summed E-state index contributed by atoms with van der Waals surface area (Å²) in [5, 5.41) is 0. The molecule has 0 amide bonds. The molecular formula is C15H14O. The summed E-state index contributed by atoms with van der Waals surface area (Å²) < 4.78 is 5.74. The molecule has 0 aromatic heterocycles. The van der Waals surface area contributed by atoms with Crippen LogP contribution in [-0.2, 0) is 0 Å². The lowest BCUT2D eigenvalue weighted by molar-refractivity contribution is 0.512. The summed E-state index contributed by atoms with van der Waals surface area (Å²) in [4.78, 5) is 0. The van der Waals surface area contributed by atoms with Gasteiger partial charge in [0.15, 0.2) is 0 Å². The minimum absolute atomic E-state index is 0.676. The number of ether oxygens (including phenoxy) is 1. The highest BCUT2D eigenvalue weighted by molar-refractivity contribution is 5.60. The van der Waals surface area contributed by atoms with Crippen LogP contribution in [0.3, 0.4) is 0 Å². The number of para-hydroxylation sites is 1. The molecule has 0 saturated carbocycles. The zero-order valence-corrected chi connectivity index (χ0v) is 9.31. The monoisotopic (exact) mass is 210 g/mol. The zero-order valence-electron chi connectivity index (χ0n) is 9.31. The Hall–Kier alpha value is -2.02. The maximum absolute atomic E-state index is 5.74. The second-order valence-corrected chi connectivity index (χ2v) is 3.66. The van der Waals surface area contributed by atoms with E-state index in [-0.39, 0.29) is 0 Å². The molecule has 0 spiro atoms. The summed E-state index contributed by atoms with van der Waals surface area (Å²) in [5.74, 6) is 1.53. The predicted octanol–water partition coefficient (Wildman–Crippen LogP) is 4.04. The first-order valence-electron chi connectivity index (χ1n) is 5.25. The molecule has 0 fully saturated rings. The van der Waals surface area contributed by atoms with Gasteiger partial charge in [-0.2, -0.15) is 0 Å². The Morgan fingerprint density at radius 3 is 2.25 bits per heavy atom. The molecule has 16 heavy (non-hydrogen) atoms. The quantitative estimate of drug-likeness (QED) is 0.694. The SMILES string of the molecule is C=C(Oc1ccccc1C)c1ccccc1. The minimum atomic E-state index is 0.676. The van der Waals surface area contributed by atoms with Crippen molar-refractivity contribution in [2.24, 2.45) is 0 Å². The van der Waals surface area contributed by atoms with Crippen LogP contribution in [0.1, 0.15) is 11.1 Å². The highest BCUT2D eigenvalue weighted by Crippen LogP contribution is 2.22. The van der Waals surface area contributed by atoms with E-state index in [9.17, 15) is 0 Å². The molecule has 2 rings (SSSR count). The zero-order chi connectivity index (χ0) is 11.4. The van der Waals surface area contributed by atoms with Crippen LogP contribution in [0.15, 0.2) is 61.2 Å². The maximum atomic E-state index is 5.74. The Morgan fingerprint density at radius 1 is 0.938 bits per heavy atom. The lowest BCUT2D eigenvalue weighted by Gasteiger charge is -2.10. The first-order valence-corrected chi connectivity index (χ1v) is 5.25. The average molecular weight is 210 g/mol. The highest BCUT2D eigenvalue weighted by Gasteiger charge is 2.02. The normalized spacial score (nSPS) is 9.81. The molecule has 1 heteroatoms. The predicted molar refractivity (Wildman–Crippen MR) is 67.3 cm³/mol. The van der Waals surface area contributed by atoms with Gasteiger partial charge in [-0.05, 0) is 18.6 Å². The van der Waals surface area contributed by atoms with Gasteiger partial charge >= 0.3 is 0 Å². The molecule has 2 aromatic rings. The van der Waals surface area contributed by atoms with Crippen molar-refractivity contribution < 1.29 is 4.74 Å². The molecule has 0 radical (unpaired) electrons. The van der Waals surface area contributed by atoms with Gasteiger partial charge in [0.2, 0.25) is 0 Å². The first kappa shape index (κ1) is 10.5. The Kier molecular flexibility index (Phi) is 3.06. The highest BCUT2D eigenvalue weighted by atomic mass is 16.5. The molecule has 0 aliphatic carbocycles. The van der Waals surface area contributed by atoms with Gasteiger partial charge in [-0.3, -0.25) is 0 Å². The van der Waals surface area contributed by atoms with E-state index in [1.165, 1.54) is 0 Å². The van der Waals surface area contributed by atoms with Crippen LogP contribution in [0.5, 0.6) is 5.75 Å². The molecule has 0 aliphatic rings. The van der Waals surface area contributed by atoms with Crippen LogP contribution < -0.4 is 4.74 Å². The molecule has 80 valence electrons. The van der Waals surface area contributed by atoms with E-state index in [1.807, 2.05) is 61.5 Å². The van der Waals surface area contributed by atoms with Crippen LogP contribution >= 0.6 is 0 Å². The lowest BCUT2D eigenvalue weighted by Crippen LogP contribution is -1.94. The van der Waals surface area contributed by atoms with Crippen LogP contribution in [0.2, 0.25) is 0 Å². The van der Waals surface area contributed by atoms with Gasteiger partial charge < -0.3 is 4.74 Å². The second kappa shape index (κ2) is 4.67. The molecule has 0 unspecified atom stereocenters. The molecule has 0 atom stereocenters. The standard InChI is InChI=1S/C15H14O/c1-12-8-6-7-11-15(12)16-13(2)14-9-4-3-5-10-14/h3-11H,2H2,1H3. The van der Waals surface area contributed by atoms with E-state index in [0.29, 0.717) is 5.76 Å². The molecule has 2 aromatic carbocycles. The van der Waals surface area contributed by atoms with Gasteiger partial charge in [0.05, 0.1) is 0 Å². The van der Waals surface area contributed by atoms with Crippen molar-refractivity contribution in [1.29, 1.82) is 0 Å². The van der Waals surface area contributed by atoms with Crippen LogP contribution in [0, 0.1) is 6.92 Å². The van der Waals surface area contributed by atoms with E-state index < -0.39 is 0 Å². The van der Waals surface area contributed by atoms with Crippen LogP contribution in [0.25, 0.3) is 5.76 Å². The van der Waals surface area contributed by atoms with E-state index in [2.05, 4.69) is 6.58 Å². The summed E-state index contributed by atoms with van der Waals surface area (Å²) in [6.07, 6.45) is 0. The number of aryl methyl sites for hydroxylation is 1. The summed E-state index contributed by atoms with van der Waals surface area (Å²) in [6.45, 7) is 5.96. The summed E-state index contributed by atoms with van der Waals surface area (Å²) in [6, 6.07) is 17.8.